The molecule has 0 aliphatic heterocycles. The van der Waals surface area contributed by atoms with E-state index in [-0.39, 0.29) is 0 Å². The molecule has 0 bridgehead atoms. The first-order valence-electron chi connectivity index (χ1n) is 9.40. The van der Waals surface area contributed by atoms with E-state index in [2.05, 4.69) is 41.7 Å². The van der Waals surface area contributed by atoms with E-state index in [1.165, 1.54) is 5.56 Å². The Labute approximate surface area is 187 Å². The zero-order valence-electron chi connectivity index (χ0n) is 16.9. The smallest absolute Gasteiger partial charge is 0.175 e. The van der Waals surface area contributed by atoms with Crippen molar-refractivity contribution in [2.24, 2.45) is 0 Å². The van der Waals surface area contributed by atoms with Gasteiger partial charge in [0, 0.05) is 15.7 Å². The van der Waals surface area contributed by atoms with Crippen LogP contribution in [0.4, 0.5) is 11.4 Å². The molecule has 0 fully saturated rings. The molecule has 0 spiro atoms. The van der Waals surface area contributed by atoms with Gasteiger partial charge in [-0.2, -0.15) is 5.10 Å². The lowest BCUT2D eigenvalue weighted by atomic mass is 10.0. The lowest BCUT2D eigenvalue weighted by Gasteiger charge is -2.12. The quantitative estimate of drug-likeness (QED) is 0.423. The van der Waals surface area contributed by atoms with Crippen molar-refractivity contribution in [1.29, 1.82) is 0 Å². The Morgan fingerprint density at radius 2 is 1.76 bits per heavy atom. The fourth-order valence-electron chi connectivity index (χ4n) is 3.07. The first-order valence-corrected chi connectivity index (χ1v) is 10.6. The number of hydrogen-bond donors (Lipinski definition) is 2. The van der Waals surface area contributed by atoms with E-state index >= 15 is 0 Å². The van der Waals surface area contributed by atoms with Gasteiger partial charge < -0.3 is 10.6 Å². The summed E-state index contributed by atoms with van der Waals surface area (Å²) >= 11 is 17.8. The zero-order chi connectivity index (χ0) is 21.1. The molecule has 2 aromatic carbocycles. The summed E-state index contributed by atoms with van der Waals surface area (Å²) in [6.45, 7) is 8.87. The van der Waals surface area contributed by atoms with Crippen LogP contribution in [0.25, 0.3) is 0 Å². The van der Waals surface area contributed by atoms with Crippen LogP contribution < -0.4 is 10.6 Å². The Bertz CT molecular complexity index is 1030. The topological polar surface area (TPSA) is 41.9 Å². The van der Waals surface area contributed by atoms with E-state index in [1.54, 1.807) is 6.07 Å². The summed E-state index contributed by atoms with van der Waals surface area (Å²) < 4.78 is 1.91. The number of thiocarbonyl (C=S) groups is 1. The summed E-state index contributed by atoms with van der Waals surface area (Å²) in [6, 6.07) is 13.8. The molecule has 3 aromatic rings. The van der Waals surface area contributed by atoms with Crippen LogP contribution in [0.15, 0.2) is 42.5 Å². The molecule has 7 heteroatoms. The third kappa shape index (κ3) is 5.30. The Hall–Kier alpha value is -2.08. The Morgan fingerprint density at radius 3 is 2.38 bits per heavy atom. The van der Waals surface area contributed by atoms with Gasteiger partial charge >= 0.3 is 0 Å². The van der Waals surface area contributed by atoms with Crippen molar-refractivity contribution in [3.8, 4) is 0 Å². The Kier molecular flexibility index (Phi) is 6.83. The molecule has 0 saturated carbocycles. The number of hydrogen-bond acceptors (Lipinski definition) is 2. The molecule has 29 heavy (non-hydrogen) atoms. The Balaban J connectivity index is 1.71. The molecule has 0 aliphatic carbocycles. The highest BCUT2D eigenvalue weighted by Gasteiger charge is 2.14. The first-order chi connectivity index (χ1) is 13.7. The summed E-state index contributed by atoms with van der Waals surface area (Å²) in [5.41, 5.74) is 5.94. The molecule has 152 valence electrons. The standard InChI is InChI=1S/C22H24Cl2N4S/c1-13(2)16-6-9-19(10-7-16)25-22(29)26-21-14(3)27-28(15(21)4)12-17-5-8-18(23)11-20(17)24/h5-11,13H,12H2,1-4H3,(H2,25,26,29). The van der Waals surface area contributed by atoms with Crippen LogP contribution in [0.1, 0.15) is 42.3 Å². The predicted octanol–water partition coefficient (Wildman–Crippen LogP) is 6.79. The molecule has 4 nitrogen and oxygen atoms in total. The largest absolute Gasteiger partial charge is 0.332 e. The van der Waals surface area contributed by atoms with Gasteiger partial charge in [-0.15, -0.1) is 0 Å². The maximum atomic E-state index is 6.31. The molecule has 0 radical (unpaired) electrons. The van der Waals surface area contributed by atoms with Gasteiger partial charge in [-0.1, -0.05) is 55.2 Å². The van der Waals surface area contributed by atoms with Crippen molar-refractivity contribution in [3.05, 3.63) is 75.0 Å². The van der Waals surface area contributed by atoms with Crippen molar-refractivity contribution >= 4 is 51.9 Å². The van der Waals surface area contributed by atoms with Gasteiger partial charge in [-0.3, -0.25) is 4.68 Å². The maximum Gasteiger partial charge on any atom is 0.175 e. The highest BCUT2D eigenvalue weighted by Crippen LogP contribution is 2.25. The highest BCUT2D eigenvalue weighted by molar-refractivity contribution is 7.80. The lowest BCUT2D eigenvalue weighted by Crippen LogP contribution is -2.20. The normalized spacial score (nSPS) is 11.0. The molecule has 0 atom stereocenters. The first kappa shape index (κ1) is 21.6. The van der Waals surface area contributed by atoms with E-state index in [0.29, 0.717) is 27.6 Å². The molecule has 1 aromatic heterocycles. The second-order valence-corrected chi connectivity index (χ2v) is 8.55. The van der Waals surface area contributed by atoms with Gasteiger partial charge in [0.25, 0.3) is 0 Å². The van der Waals surface area contributed by atoms with Crippen molar-refractivity contribution in [3.63, 3.8) is 0 Å². The number of rotatable bonds is 5. The van der Waals surface area contributed by atoms with Gasteiger partial charge in [0.2, 0.25) is 0 Å². The number of benzene rings is 2. The second kappa shape index (κ2) is 9.16. The van der Waals surface area contributed by atoms with Crippen LogP contribution in [-0.2, 0) is 6.54 Å². The third-order valence-electron chi connectivity index (χ3n) is 4.79. The van der Waals surface area contributed by atoms with Crippen LogP contribution in [0, 0.1) is 13.8 Å². The third-order valence-corrected chi connectivity index (χ3v) is 5.58. The maximum absolute atomic E-state index is 6.31. The number of anilines is 2. The van der Waals surface area contributed by atoms with Crippen LogP contribution in [0.5, 0.6) is 0 Å². The fraction of sp³-hybridized carbons (Fsp3) is 0.273. The van der Waals surface area contributed by atoms with Gasteiger partial charge in [0.05, 0.1) is 23.6 Å². The van der Waals surface area contributed by atoms with E-state index in [9.17, 15) is 0 Å². The number of nitrogens with zero attached hydrogens (tertiary/aromatic N) is 2. The lowest BCUT2D eigenvalue weighted by molar-refractivity contribution is 0.659. The van der Waals surface area contributed by atoms with E-state index in [0.717, 1.165) is 28.3 Å². The van der Waals surface area contributed by atoms with Gasteiger partial charge in [0.1, 0.15) is 0 Å². The molecule has 2 N–H and O–H groups in total. The molecule has 0 saturated heterocycles. The van der Waals surface area contributed by atoms with Gasteiger partial charge in [0.15, 0.2) is 5.11 Å². The minimum atomic E-state index is 0.499. The summed E-state index contributed by atoms with van der Waals surface area (Å²) in [7, 11) is 0. The number of halogens is 2. The minimum Gasteiger partial charge on any atom is -0.332 e. The predicted molar refractivity (Wildman–Crippen MR) is 128 cm³/mol. The molecule has 0 amide bonds. The summed E-state index contributed by atoms with van der Waals surface area (Å²) in [6.07, 6.45) is 0. The van der Waals surface area contributed by atoms with E-state index in [1.807, 2.05) is 42.8 Å². The van der Waals surface area contributed by atoms with E-state index < -0.39 is 0 Å². The number of nitrogens with one attached hydrogen (secondary N) is 2. The van der Waals surface area contributed by atoms with Gasteiger partial charge in [-0.05, 0) is 67.4 Å². The minimum absolute atomic E-state index is 0.499. The van der Waals surface area contributed by atoms with Crippen molar-refractivity contribution in [1.82, 2.24) is 9.78 Å². The average Bonchev–Trinajstić information content (AvgIpc) is 2.92. The van der Waals surface area contributed by atoms with Gasteiger partial charge in [-0.25, -0.2) is 0 Å². The molecule has 3 rings (SSSR count). The van der Waals surface area contributed by atoms with E-state index in [4.69, 9.17) is 35.4 Å². The summed E-state index contributed by atoms with van der Waals surface area (Å²) in [5, 5.41) is 12.9. The van der Waals surface area contributed by atoms with Crippen molar-refractivity contribution < 1.29 is 0 Å². The number of aryl methyl sites for hydroxylation is 1. The fourth-order valence-corrected chi connectivity index (χ4v) is 3.76. The van der Waals surface area contributed by atoms with Crippen LogP contribution >= 0.6 is 35.4 Å². The molecule has 1 heterocycles. The second-order valence-electron chi connectivity index (χ2n) is 7.30. The molecule has 0 unspecified atom stereocenters. The average molecular weight is 447 g/mol. The number of aromatic nitrogens is 2. The molecular weight excluding hydrogens is 423 g/mol. The van der Waals surface area contributed by atoms with Crippen LogP contribution in [0.3, 0.4) is 0 Å². The molecule has 0 aliphatic rings. The summed E-state index contributed by atoms with van der Waals surface area (Å²) in [5.74, 6) is 0.499. The van der Waals surface area contributed by atoms with Crippen LogP contribution in [-0.4, -0.2) is 14.9 Å². The summed E-state index contributed by atoms with van der Waals surface area (Å²) in [4.78, 5) is 0. The molecular formula is C22H24Cl2N4S. The van der Waals surface area contributed by atoms with Crippen LogP contribution in [0.2, 0.25) is 10.0 Å². The monoisotopic (exact) mass is 446 g/mol. The van der Waals surface area contributed by atoms with Crippen molar-refractivity contribution in [2.75, 3.05) is 10.6 Å². The highest BCUT2D eigenvalue weighted by atomic mass is 35.5. The SMILES string of the molecule is Cc1nn(Cc2ccc(Cl)cc2Cl)c(C)c1NC(=S)Nc1ccc(C(C)C)cc1. The Morgan fingerprint density at radius 1 is 1.07 bits per heavy atom. The zero-order valence-corrected chi connectivity index (χ0v) is 19.2. The van der Waals surface area contributed by atoms with Crippen molar-refractivity contribution in [2.45, 2.75) is 40.2 Å².